The van der Waals surface area contributed by atoms with Crippen LogP contribution in [0, 0.1) is 0 Å². The number of nitrogens with one attached hydrogen (secondary N) is 1. The molecule has 3 heteroatoms. The van der Waals surface area contributed by atoms with Gasteiger partial charge in [-0.05, 0) is 26.4 Å². The van der Waals surface area contributed by atoms with Crippen molar-refractivity contribution in [2.24, 2.45) is 0 Å². The Morgan fingerprint density at radius 2 is 2.25 bits per heavy atom. The molecule has 2 aliphatic heterocycles. The summed E-state index contributed by atoms with van der Waals surface area (Å²) < 4.78 is 5.77. The first-order valence-corrected chi connectivity index (χ1v) is 4.88. The summed E-state index contributed by atoms with van der Waals surface area (Å²) in [5.41, 5.74) is 0.0464. The first-order chi connectivity index (χ1) is 5.81. The van der Waals surface area contributed by atoms with E-state index in [1.807, 2.05) is 0 Å². The standard InChI is InChI=1S/C9H18N2O/c1-11-6-2-3-9(4-7-11)10-5-8-12-9/h10H,2-8H2,1H3. The summed E-state index contributed by atoms with van der Waals surface area (Å²) in [6.07, 6.45) is 3.57. The van der Waals surface area contributed by atoms with Crippen molar-refractivity contribution in [2.45, 2.75) is 25.0 Å². The largest absolute Gasteiger partial charge is 0.359 e. The van der Waals surface area contributed by atoms with Crippen LogP contribution in [0.2, 0.25) is 0 Å². The second kappa shape index (κ2) is 3.32. The Morgan fingerprint density at radius 3 is 3.00 bits per heavy atom. The van der Waals surface area contributed by atoms with E-state index in [1.165, 1.54) is 19.4 Å². The number of rotatable bonds is 0. The van der Waals surface area contributed by atoms with Crippen LogP contribution in [0.15, 0.2) is 0 Å². The minimum absolute atomic E-state index is 0.0464. The van der Waals surface area contributed by atoms with Crippen LogP contribution in [0.3, 0.4) is 0 Å². The topological polar surface area (TPSA) is 24.5 Å². The molecule has 1 N–H and O–H groups in total. The third kappa shape index (κ3) is 1.63. The lowest BCUT2D eigenvalue weighted by atomic mass is 10.1. The fraction of sp³-hybridized carbons (Fsp3) is 1.00. The Hall–Kier alpha value is -0.120. The molecular formula is C9H18N2O. The van der Waals surface area contributed by atoms with Crippen LogP contribution in [0.5, 0.6) is 0 Å². The molecule has 70 valence electrons. The first-order valence-electron chi connectivity index (χ1n) is 4.88. The number of likely N-dealkylation sites (tertiary alicyclic amines) is 1. The van der Waals surface area contributed by atoms with Crippen LogP contribution in [-0.4, -0.2) is 43.9 Å². The van der Waals surface area contributed by atoms with Crippen molar-refractivity contribution in [2.75, 3.05) is 33.3 Å². The fourth-order valence-electron chi connectivity index (χ4n) is 2.14. The van der Waals surface area contributed by atoms with Gasteiger partial charge in [-0.15, -0.1) is 0 Å². The molecule has 1 spiro atoms. The van der Waals surface area contributed by atoms with Crippen LogP contribution in [0.4, 0.5) is 0 Å². The monoisotopic (exact) mass is 170 g/mol. The molecule has 0 amide bonds. The fourth-order valence-corrected chi connectivity index (χ4v) is 2.14. The van der Waals surface area contributed by atoms with E-state index in [0.717, 1.165) is 26.1 Å². The molecule has 0 aromatic rings. The molecule has 2 rings (SSSR count). The summed E-state index contributed by atoms with van der Waals surface area (Å²) in [6.45, 7) is 4.30. The molecule has 12 heavy (non-hydrogen) atoms. The SMILES string of the molecule is CN1CCCC2(CC1)NCCO2. The lowest BCUT2D eigenvalue weighted by Crippen LogP contribution is -2.41. The van der Waals surface area contributed by atoms with Crippen molar-refractivity contribution >= 4 is 0 Å². The van der Waals surface area contributed by atoms with Gasteiger partial charge in [-0.25, -0.2) is 0 Å². The van der Waals surface area contributed by atoms with Crippen molar-refractivity contribution in [3.8, 4) is 0 Å². The predicted octanol–water partition coefficient (Wildman–Crippen LogP) is 0.418. The highest BCUT2D eigenvalue weighted by atomic mass is 16.5. The van der Waals surface area contributed by atoms with Crippen LogP contribution in [0.25, 0.3) is 0 Å². The highest BCUT2D eigenvalue weighted by Crippen LogP contribution is 2.25. The van der Waals surface area contributed by atoms with Crippen LogP contribution in [0.1, 0.15) is 19.3 Å². The van der Waals surface area contributed by atoms with Crippen LogP contribution in [-0.2, 0) is 4.74 Å². The van der Waals surface area contributed by atoms with Gasteiger partial charge in [0.15, 0.2) is 0 Å². The Labute approximate surface area is 74.1 Å². The zero-order valence-electron chi connectivity index (χ0n) is 7.81. The summed E-state index contributed by atoms with van der Waals surface area (Å²) >= 11 is 0. The van der Waals surface area contributed by atoms with Gasteiger partial charge in [0.2, 0.25) is 0 Å². The van der Waals surface area contributed by atoms with Crippen molar-refractivity contribution in [3.05, 3.63) is 0 Å². The van der Waals surface area contributed by atoms with E-state index in [1.54, 1.807) is 0 Å². The highest BCUT2D eigenvalue weighted by Gasteiger charge is 2.35. The van der Waals surface area contributed by atoms with Crippen molar-refractivity contribution in [1.29, 1.82) is 0 Å². The zero-order chi connectivity index (χ0) is 8.44. The van der Waals surface area contributed by atoms with E-state index in [-0.39, 0.29) is 5.72 Å². The Balaban J connectivity index is 1.97. The minimum Gasteiger partial charge on any atom is -0.359 e. The van der Waals surface area contributed by atoms with Gasteiger partial charge in [-0.3, -0.25) is 5.32 Å². The second-order valence-electron chi connectivity index (χ2n) is 3.93. The molecule has 1 unspecified atom stereocenters. The van der Waals surface area contributed by atoms with Gasteiger partial charge in [-0.1, -0.05) is 0 Å². The minimum atomic E-state index is 0.0464. The summed E-state index contributed by atoms with van der Waals surface area (Å²) in [4.78, 5) is 2.39. The number of ether oxygens (including phenoxy) is 1. The summed E-state index contributed by atoms with van der Waals surface area (Å²) in [7, 11) is 2.19. The van der Waals surface area contributed by atoms with E-state index in [0.29, 0.717) is 0 Å². The predicted molar refractivity (Wildman–Crippen MR) is 48.0 cm³/mol. The van der Waals surface area contributed by atoms with Gasteiger partial charge in [-0.2, -0.15) is 0 Å². The van der Waals surface area contributed by atoms with Crippen molar-refractivity contribution in [1.82, 2.24) is 10.2 Å². The second-order valence-corrected chi connectivity index (χ2v) is 3.93. The Kier molecular flexibility index (Phi) is 2.35. The molecule has 0 aromatic heterocycles. The summed E-state index contributed by atoms with van der Waals surface area (Å²) in [6, 6.07) is 0. The molecule has 2 heterocycles. The molecule has 3 nitrogen and oxygen atoms in total. The summed E-state index contributed by atoms with van der Waals surface area (Å²) in [5.74, 6) is 0. The molecule has 0 radical (unpaired) electrons. The molecule has 2 fully saturated rings. The third-order valence-corrected chi connectivity index (χ3v) is 2.95. The number of nitrogens with zero attached hydrogens (tertiary/aromatic N) is 1. The number of hydrogen-bond acceptors (Lipinski definition) is 3. The lowest BCUT2D eigenvalue weighted by Gasteiger charge is -2.26. The molecule has 0 saturated carbocycles. The smallest absolute Gasteiger partial charge is 0.120 e. The van der Waals surface area contributed by atoms with E-state index in [4.69, 9.17) is 4.74 Å². The van der Waals surface area contributed by atoms with Crippen molar-refractivity contribution < 1.29 is 4.74 Å². The van der Waals surface area contributed by atoms with Gasteiger partial charge >= 0.3 is 0 Å². The van der Waals surface area contributed by atoms with Gasteiger partial charge < -0.3 is 9.64 Å². The average molecular weight is 170 g/mol. The molecule has 0 aliphatic carbocycles. The van der Waals surface area contributed by atoms with Crippen LogP contribution >= 0.6 is 0 Å². The Morgan fingerprint density at radius 1 is 1.33 bits per heavy atom. The maximum Gasteiger partial charge on any atom is 0.120 e. The maximum atomic E-state index is 5.77. The van der Waals surface area contributed by atoms with E-state index >= 15 is 0 Å². The molecular weight excluding hydrogens is 152 g/mol. The molecule has 0 aromatic carbocycles. The van der Waals surface area contributed by atoms with Crippen molar-refractivity contribution in [3.63, 3.8) is 0 Å². The van der Waals surface area contributed by atoms with E-state index in [9.17, 15) is 0 Å². The van der Waals surface area contributed by atoms with E-state index in [2.05, 4.69) is 17.3 Å². The molecule has 2 aliphatic rings. The Bertz CT molecular complexity index is 155. The molecule has 2 saturated heterocycles. The lowest BCUT2D eigenvalue weighted by molar-refractivity contribution is -0.0210. The van der Waals surface area contributed by atoms with Gasteiger partial charge in [0, 0.05) is 19.5 Å². The van der Waals surface area contributed by atoms with E-state index < -0.39 is 0 Å². The highest BCUT2D eigenvalue weighted by molar-refractivity contribution is 4.85. The zero-order valence-corrected chi connectivity index (χ0v) is 7.81. The third-order valence-electron chi connectivity index (χ3n) is 2.95. The van der Waals surface area contributed by atoms with Gasteiger partial charge in [0.1, 0.15) is 5.72 Å². The van der Waals surface area contributed by atoms with Gasteiger partial charge in [0.25, 0.3) is 0 Å². The average Bonchev–Trinajstić information content (AvgIpc) is 2.42. The quantitative estimate of drug-likeness (QED) is 0.570. The van der Waals surface area contributed by atoms with Gasteiger partial charge in [0.05, 0.1) is 6.61 Å². The van der Waals surface area contributed by atoms with Crippen LogP contribution < -0.4 is 5.32 Å². The first kappa shape index (κ1) is 8.48. The molecule has 1 atom stereocenters. The normalized spacial score (nSPS) is 38.8. The number of hydrogen-bond donors (Lipinski definition) is 1. The maximum absolute atomic E-state index is 5.77. The molecule has 0 bridgehead atoms. The summed E-state index contributed by atoms with van der Waals surface area (Å²) in [5, 5.41) is 3.48.